The van der Waals surface area contributed by atoms with Crippen molar-refractivity contribution in [3.63, 3.8) is 0 Å². The molecule has 76 valence electrons. The lowest BCUT2D eigenvalue weighted by Crippen LogP contribution is -2.26. The first-order valence-electron chi connectivity index (χ1n) is 4.87. The quantitative estimate of drug-likeness (QED) is 0.779. The SMILES string of the molecule is Cc1noc(CCN2CCCC2=N)n1. The summed E-state index contributed by atoms with van der Waals surface area (Å²) in [4.78, 5) is 6.19. The van der Waals surface area contributed by atoms with Gasteiger partial charge in [-0.1, -0.05) is 5.16 Å². The summed E-state index contributed by atoms with van der Waals surface area (Å²) in [6.45, 7) is 3.62. The van der Waals surface area contributed by atoms with Gasteiger partial charge in [-0.2, -0.15) is 4.98 Å². The Morgan fingerprint density at radius 3 is 3.00 bits per heavy atom. The van der Waals surface area contributed by atoms with E-state index in [2.05, 4.69) is 15.0 Å². The van der Waals surface area contributed by atoms with Crippen LogP contribution in [0.4, 0.5) is 0 Å². The number of hydrogen-bond acceptors (Lipinski definition) is 4. The van der Waals surface area contributed by atoms with Crippen LogP contribution in [0.15, 0.2) is 4.52 Å². The zero-order valence-electron chi connectivity index (χ0n) is 8.29. The maximum Gasteiger partial charge on any atom is 0.228 e. The van der Waals surface area contributed by atoms with E-state index in [1.54, 1.807) is 0 Å². The van der Waals surface area contributed by atoms with Crippen LogP contribution in [0.5, 0.6) is 0 Å². The van der Waals surface area contributed by atoms with Gasteiger partial charge in [-0.05, 0) is 13.3 Å². The van der Waals surface area contributed by atoms with Crippen molar-refractivity contribution in [1.82, 2.24) is 15.0 Å². The Bertz CT molecular complexity index is 333. The lowest BCUT2D eigenvalue weighted by Gasteiger charge is -2.15. The predicted octanol–water partition coefficient (Wildman–Crippen LogP) is 0.994. The van der Waals surface area contributed by atoms with Crippen molar-refractivity contribution in [2.24, 2.45) is 0 Å². The molecule has 0 aromatic carbocycles. The molecule has 1 N–H and O–H groups in total. The van der Waals surface area contributed by atoms with Gasteiger partial charge in [-0.3, -0.25) is 5.41 Å². The molecule has 1 aliphatic heterocycles. The van der Waals surface area contributed by atoms with Crippen LogP contribution in [0.3, 0.4) is 0 Å². The van der Waals surface area contributed by atoms with E-state index in [9.17, 15) is 0 Å². The summed E-state index contributed by atoms with van der Waals surface area (Å²) in [5.41, 5.74) is 0. The van der Waals surface area contributed by atoms with Gasteiger partial charge in [0.15, 0.2) is 5.82 Å². The third-order valence-electron chi connectivity index (χ3n) is 2.39. The number of likely N-dealkylation sites (tertiary alicyclic amines) is 1. The third-order valence-corrected chi connectivity index (χ3v) is 2.39. The Kier molecular flexibility index (Phi) is 2.47. The van der Waals surface area contributed by atoms with Crippen molar-refractivity contribution >= 4 is 5.84 Å². The van der Waals surface area contributed by atoms with Crippen LogP contribution < -0.4 is 0 Å². The molecule has 1 saturated heterocycles. The molecule has 5 nitrogen and oxygen atoms in total. The zero-order valence-corrected chi connectivity index (χ0v) is 8.29. The molecule has 1 aromatic heterocycles. The fraction of sp³-hybridized carbons (Fsp3) is 0.667. The van der Waals surface area contributed by atoms with Crippen LogP contribution in [0.1, 0.15) is 24.6 Å². The van der Waals surface area contributed by atoms with Gasteiger partial charge in [0.1, 0.15) is 0 Å². The van der Waals surface area contributed by atoms with E-state index < -0.39 is 0 Å². The third kappa shape index (κ3) is 1.92. The molecule has 2 rings (SSSR count). The van der Waals surface area contributed by atoms with Gasteiger partial charge in [0.25, 0.3) is 0 Å². The Balaban J connectivity index is 1.85. The number of nitrogens with one attached hydrogen (secondary N) is 1. The normalized spacial score (nSPS) is 16.6. The van der Waals surface area contributed by atoms with Crippen molar-refractivity contribution < 1.29 is 4.52 Å². The molecule has 14 heavy (non-hydrogen) atoms. The number of hydrogen-bond donors (Lipinski definition) is 1. The summed E-state index contributed by atoms with van der Waals surface area (Å²) in [6, 6.07) is 0. The predicted molar refractivity (Wildman–Crippen MR) is 51.3 cm³/mol. The second-order valence-electron chi connectivity index (χ2n) is 3.52. The van der Waals surface area contributed by atoms with E-state index >= 15 is 0 Å². The smallest absolute Gasteiger partial charge is 0.228 e. The average molecular weight is 194 g/mol. The van der Waals surface area contributed by atoms with Crippen LogP contribution >= 0.6 is 0 Å². The number of aromatic nitrogens is 2. The summed E-state index contributed by atoms with van der Waals surface area (Å²) in [5, 5.41) is 11.4. The standard InChI is InChI=1S/C9H14N4O/c1-7-11-9(14-12-7)4-6-13-5-2-3-8(13)10/h10H,2-6H2,1H3. The number of nitrogens with zero attached hydrogens (tertiary/aromatic N) is 3. The minimum Gasteiger partial charge on any atom is -0.360 e. The van der Waals surface area contributed by atoms with Crippen molar-refractivity contribution in [3.05, 3.63) is 11.7 Å². The molecular formula is C9H14N4O. The lowest BCUT2D eigenvalue weighted by atomic mass is 10.4. The molecule has 0 spiro atoms. The summed E-state index contributed by atoms with van der Waals surface area (Å²) in [5.74, 6) is 2.08. The number of aryl methyl sites for hydroxylation is 1. The molecule has 0 saturated carbocycles. The Labute approximate surface area is 82.6 Å². The van der Waals surface area contributed by atoms with Crippen LogP contribution in [-0.2, 0) is 6.42 Å². The molecule has 0 bridgehead atoms. The molecule has 0 radical (unpaired) electrons. The van der Waals surface area contributed by atoms with Crippen molar-refractivity contribution in [2.75, 3.05) is 13.1 Å². The average Bonchev–Trinajstić information content (AvgIpc) is 2.72. The number of rotatable bonds is 3. The highest BCUT2D eigenvalue weighted by Crippen LogP contribution is 2.10. The van der Waals surface area contributed by atoms with Crippen molar-refractivity contribution in [1.29, 1.82) is 5.41 Å². The summed E-state index contributed by atoms with van der Waals surface area (Å²) >= 11 is 0. The van der Waals surface area contributed by atoms with Crippen LogP contribution in [0.25, 0.3) is 0 Å². The Hall–Kier alpha value is -1.39. The second kappa shape index (κ2) is 3.77. The van der Waals surface area contributed by atoms with Crippen LogP contribution in [0, 0.1) is 12.3 Å². The molecule has 5 heteroatoms. The first-order valence-corrected chi connectivity index (χ1v) is 4.87. The molecule has 2 heterocycles. The fourth-order valence-electron chi connectivity index (χ4n) is 1.65. The van der Waals surface area contributed by atoms with E-state index in [-0.39, 0.29) is 0 Å². The molecule has 1 fully saturated rings. The van der Waals surface area contributed by atoms with Gasteiger partial charge in [0.05, 0.1) is 5.84 Å². The highest BCUT2D eigenvalue weighted by molar-refractivity contribution is 5.80. The minimum atomic E-state index is 0.669. The van der Waals surface area contributed by atoms with E-state index in [1.165, 1.54) is 0 Å². The fourth-order valence-corrected chi connectivity index (χ4v) is 1.65. The number of amidine groups is 1. The Morgan fingerprint density at radius 1 is 1.57 bits per heavy atom. The largest absolute Gasteiger partial charge is 0.360 e. The maximum absolute atomic E-state index is 7.64. The highest BCUT2D eigenvalue weighted by atomic mass is 16.5. The maximum atomic E-state index is 7.64. The molecular weight excluding hydrogens is 180 g/mol. The first-order chi connectivity index (χ1) is 6.75. The van der Waals surface area contributed by atoms with Crippen LogP contribution in [-0.4, -0.2) is 34.0 Å². The summed E-state index contributed by atoms with van der Waals surface area (Å²) < 4.78 is 5.00. The molecule has 0 amide bonds. The van der Waals surface area contributed by atoms with E-state index in [1.807, 2.05) is 6.92 Å². The topological polar surface area (TPSA) is 66.0 Å². The monoisotopic (exact) mass is 194 g/mol. The zero-order chi connectivity index (χ0) is 9.97. The van der Waals surface area contributed by atoms with Gasteiger partial charge < -0.3 is 9.42 Å². The molecule has 0 atom stereocenters. The second-order valence-corrected chi connectivity index (χ2v) is 3.52. The van der Waals surface area contributed by atoms with E-state index in [4.69, 9.17) is 9.93 Å². The van der Waals surface area contributed by atoms with E-state index in [0.29, 0.717) is 11.7 Å². The van der Waals surface area contributed by atoms with Gasteiger partial charge in [-0.25, -0.2) is 0 Å². The van der Waals surface area contributed by atoms with Crippen molar-refractivity contribution in [2.45, 2.75) is 26.2 Å². The van der Waals surface area contributed by atoms with Crippen LogP contribution in [0.2, 0.25) is 0 Å². The highest BCUT2D eigenvalue weighted by Gasteiger charge is 2.17. The molecule has 1 aliphatic rings. The van der Waals surface area contributed by atoms with Gasteiger partial charge in [-0.15, -0.1) is 0 Å². The van der Waals surface area contributed by atoms with Gasteiger partial charge in [0.2, 0.25) is 5.89 Å². The first kappa shape index (κ1) is 9.18. The van der Waals surface area contributed by atoms with Crippen molar-refractivity contribution in [3.8, 4) is 0 Å². The van der Waals surface area contributed by atoms with Gasteiger partial charge >= 0.3 is 0 Å². The Morgan fingerprint density at radius 2 is 2.43 bits per heavy atom. The molecule has 0 aliphatic carbocycles. The minimum absolute atomic E-state index is 0.669. The van der Waals surface area contributed by atoms with E-state index in [0.717, 1.165) is 38.2 Å². The summed E-state index contributed by atoms with van der Waals surface area (Å²) in [7, 11) is 0. The van der Waals surface area contributed by atoms with Gasteiger partial charge in [0, 0.05) is 25.9 Å². The molecule has 0 unspecified atom stereocenters. The summed E-state index contributed by atoms with van der Waals surface area (Å²) in [6.07, 6.45) is 2.74. The molecule has 1 aromatic rings. The lowest BCUT2D eigenvalue weighted by molar-refractivity contribution is 0.354.